The molecule has 0 aliphatic carbocycles. The summed E-state index contributed by atoms with van der Waals surface area (Å²) in [7, 11) is 1.24. The summed E-state index contributed by atoms with van der Waals surface area (Å²) < 4.78 is 44.9. The second-order valence-corrected chi connectivity index (χ2v) is 5.21. The number of methoxy groups -OCH3 is 1. The Morgan fingerprint density at radius 1 is 1.23 bits per heavy atom. The first-order valence-electron chi connectivity index (χ1n) is 7.76. The fourth-order valence-corrected chi connectivity index (χ4v) is 2.25. The molecule has 5 nitrogen and oxygen atoms in total. The number of amides is 1. The molecule has 1 aromatic carbocycles. The number of rotatable bonds is 3. The fourth-order valence-electron chi connectivity index (χ4n) is 2.25. The van der Waals surface area contributed by atoms with E-state index in [2.05, 4.69) is 46.4 Å². The van der Waals surface area contributed by atoms with Crippen molar-refractivity contribution in [3.05, 3.63) is 35.7 Å². The molecule has 0 unspecified atom stereocenters. The van der Waals surface area contributed by atoms with Crippen molar-refractivity contribution in [1.29, 1.82) is 0 Å². The number of hydrogen-bond donors (Lipinski definition) is 0. The van der Waals surface area contributed by atoms with Crippen LogP contribution in [0.1, 0.15) is 5.56 Å². The average molecular weight is 434 g/mol. The predicted molar refractivity (Wildman–Crippen MR) is 97.9 cm³/mol. The molecule has 1 aliphatic heterocycles. The number of hydrogen-bond acceptors (Lipinski definition) is 4. The fraction of sp³-hybridized carbons (Fsp3) is 0.143. The van der Waals surface area contributed by atoms with Crippen molar-refractivity contribution in [1.82, 2.24) is 0 Å². The molecule has 0 bridgehead atoms. The number of ether oxygens (including phenoxy) is 1. The molecular formula is C21H10F3KN2O3. The van der Waals surface area contributed by atoms with Gasteiger partial charge in [-0.3, -0.25) is 9.69 Å². The number of amidine groups is 1. The minimum Gasteiger partial charge on any atom is -0.876 e. The van der Waals surface area contributed by atoms with Gasteiger partial charge in [0.1, 0.15) is 11.4 Å². The molecule has 0 N–H and O–H groups in total. The van der Waals surface area contributed by atoms with Gasteiger partial charge < -0.3 is 9.84 Å². The number of benzene rings is 1. The second kappa shape index (κ2) is 11.5. The van der Waals surface area contributed by atoms with Gasteiger partial charge in [0.2, 0.25) is 5.84 Å². The molecule has 0 spiro atoms. The van der Waals surface area contributed by atoms with E-state index in [4.69, 9.17) is 11.2 Å². The minimum absolute atomic E-state index is 0. The maximum Gasteiger partial charge on any atom is 1.00 e. The van der Waals surface area contributed by atoms with Gasteiger partial charge in [0.15, 0.2) is 0 Å². The van der Waals surface area contributed by atoms with Crippen molar-refractivity contribution in [2.24, 2.45) is 4.99 Å². The molecule has 1 amide bonds. The molecule has 9 heteroatoms. The summed E-state index contributed by atoms with van der Waals surface area (Å²) >= 11 is 0. The van der Waals surface area contributed by atoms with Crippen molar-refractivity contribution in [3.8, 4) is 53.6 Å². The average Bonchev–Trinajstić information content (AvgIpc) is 3.03. The summed E-state index contributed by atoms with van der Waals surface area (Å²) in [5.41, 5.74) is -0.446. The first-order chi connectivity index (χ1) is 13.8. The van der Waals surface area contributed by atoms with Crippen LogP contribution in [0.3, 0.4) is 0 Å². The van der Waals surface area contributed by atoms with E-state index in [-0.39, 0.29) is 75.5 Å². The van der Waals surface area contributed by atoms with Gasteiger partial charge in [-0.2, -0.15) is 13.2 Å². The zero-order valence-electron chi connectivity index (χ0n) is 15.8. The molecule has 0 fully saturated rings. The zero-order chi connectivity index (χ0) is 21.4. The largest absolute Gasteiger partial charge is 1.00 e. The van der Waals surface area contributed by atoms with Crippen LogP contribution in [0.25, 0.3) is 0 Å². The first-order valence-corrected chi connectivity index (χ1v) is 7.76. The van der Waals surface area contributed by atoms with Crippen LogP contribution in [-0.2, 0) is 11.2 Å². The van der Waals surface area contributed by atoms with Gasteiger partial charge >= 0.3 is 57.6 Å². The van der Waals surface area contributed by atoms with Crippen LogP contribution in [0.15, 0.2) is 35.2 Å². The van der Waals surface area contributed by atoms with E-state index < -0.39 is 23.6 Å². The second-order valence-electron chi connectivity index (χ2n) is 5.21. The molecule has 0 radical (unpaired) electrons. The van der Waals surface area contributed by atoms with E-state index in [1.165, 1.54) is 25.3 Å². The quantitative estimate of drug-likeness (QED) is 0.249. The minimum atomic E-state index is -4.95. The Morgan fingerprint density at radius 2 is 1.90 bits per heavy atom. The third-order valence-corrected chi connectivity index (χ3v) is 3.41. The standard InChI is InChI=1S/C21H11F3N2O3.K/c1-3-4-5-6-7-8-9-10-15-11-12-17(18(13-15)29-2)26-19(28)16(14-27)25-20(26)21(22,23)24;/h1,11-14,27H,10H2,2H3;/q;+1/p-1/b16-14+;. The summed E-state index contributed by atoms with van der Waals surface area (Å²) in [5.74, 6) is 14.2. The van der Waals surface area contributed by atoms with Crippen molar-refractivity contribution in [3.63, 3.8) is 0 Å². The van der Waals surface area contributed by atoms with Gasteiger partial charge in [0, 0.05) is 6.42 Å². The molecule has 0 saturated heterocycles. The molecule has 1 aliphatic rings. The Balaban J connectivity index is 0.00000450. The topological polar surface area (TPSA) is 65.0 Å². The van der Waals surface area contributed by atoms with E-state index in [0.29, 0.717) is 10.5 Å². The maximum absolute atomic E-state index is 13.3. The van der Waals surface area contributed by atoms with E-state index in [1.807, 2.05) is 0 Å². The number of aliphatic imine (C=N–C) groups is 1. The molecule has 144 valence electrons. The number of carbonyl (C=O) groups is 1. The van der Waals surface area contributed by atoms with Gasteiger partial charge in [-0.15, -0.1) is 12.7 Å². The van der Waals surface area contributed by atoms with Crippen LogP contribution < -0.4 is 66.1 Å². The molecule has 0 saturated carbocycles. The Bertz CT molecular complexity index is 1130. The van der Waals surface area contributed by atoms with Crippen molar-refractivity contribution in [2.75, 3.05) is 12.0 Å². The third kappa shape index (κ3) is 6.18. The van der Waals surface area contributed by atoms with Crippen LogP contribution in [0.2, 0.25) is 0 Å². The summed E-state index contributed by atoms with van der Waals surface area (Å²) in [5, 5.41) is 10.9. The first kappa shape index (κ1) is 25.4. The summed E-state index contributed by atoms with van der Waals surface area (Å²) in [6.45, 7) is 0. The number of nitrogens with zero attached hydrogens (tertiary/aromatic N) is 2. The Hall–Kier alpha value is -2.63. The van der Waals surface area contributed by atoms with E-state index >= 15 is 0 Å². The van der Waals surface area contributed by atoms with Gasteiger partial charge in [-0.05, 0) is 53.2 Å². The molecule has 1 heterocycles. The number of alkyl halides is 3. The van der Waals surface area contributed by atoms with Gasteiger partial charge in [0.05, 0.1) is 12.8 Å². The van der Waals surface area contributed by atoms with Crippen LogP contribution in [0.4, 0.5) is 18.9 Å². The molecule has 0 atom stereocenters. The van der Waals surface area contributed by atoms with E-state index in [1.54, 1.807) is 0 Å². The molecule has 0 aromatic heterocycles. The summed E-state index contributed by atoms with van der Waals surface area (Å²) in [6, 6.07) is 4.15. The van der Waals surface area contributed by atoms with Crippen LogP contribution >= 0.6 is 0 Å². The predicted octanol–water partition coefficient (Wildman–Crippen LogP) is -1.61. The van der Waals surface area contributed by atoms with Crippen LogP contribution in [-0.4, -0.2) is 25.0 Å². The van der Waals surface area contributed by atoms with Crippen molar-refractivity contribution < 1.29 is 79.2 Å². The molecule has 1 aromatic rings. The Kier molecular flexibility index (Phi) is 9.76. The molecular weight excluding hydrogens is 424 g/mol. The van der Waals surface area contributed by atoms with Crippen LogP contribution in [0.5, 0.6) is 5.75 Å². The van der Waals surface area contributed by atoms with Crippen molar-refractivity contribution in [2.45, 2.75) is 12.6 Å². The Morgan fingerprint density at radius 3 is 2.50 bits per heavy atom. The monoisotopic (exact) mass is 434 g/mol. The van der Waals surface area contributed by atoms with Gasteiger partial charge in [-0.1, -0.05) is 12.0 Å². The molecule has 30 heavy (non-hydrogen) atoms. The van der Waals surface area contributed by atoms with E-state index in [9.17, 15) is 23.1 Å². The van der Waals surface area contributed by atoms with Gasteiger partial charge in [-0.25, -0.2) is 4.99 Å². The summed E-state index contributed by atoms with van der Waals surface area (Å²) in [4.78, 5) is 15.6. The Labute approximate surface area is 213 Å². The maximum atomic E-state index is 13.3. The number of anilines is 1. The van der Waals surface area contributed by atoms with Crippen LogP contribution in [0, 0.1) is 47.9 Å². The SMILES string of the molecule is C#CC#CC#CC#CCc1ccc(N2C(=O)/C(=C\[O-])N=C2C(F)(F)F)c(OC)c1.[K+]. The van der Waals surface area contributed by atoms with Gasteiger partial charge in [0.25, 0.3) is 5.91 Å². The number of halogens is 3. The summed E-state index contributed by atoms with van der Waals surface area (Å²) in [6.07, 6.45) is 0.175. The number of terminal acetylenes is 1. The zero-order valence-corrected chi connectivity index (χ0v) is 19.0. The molecule has 2 rings (SSSR count). The third-order valence-electron chi connectivity index (χ3n) is 3.41. The van der Waals surface area contributed by atoms with Crippen molar-refractivity contribution >= 4 is 17.4 Å². The normalized spacial score (nSPS) is 13.4. The van der Waals surface area contributed by atoms with E-state index in [0.717, 1.165) is 0 Å². The smallest absolute Gasteiger partial charge is 0.876 e. The number of carbonyl (C=O) groups excluding carboxylic acids is 1.